The fourth-order valence-corrected chi connectivity index (χ4v) is 7.91. The smallest absolute Gasteiger partial charge is 0.407 e. The molecule has 0 aliphatic carbocycles. The first kappa shape index (κ1) is 42.6. The number of aliphatic hydroxyl groups is 2. The highest BCUT2D eigenvalue weighted by molar-refractivity contribution is 5.83. The number of ether oxygens (including phenoxy) is 2. The lowest BCUT2D eigenvalue weighted by Gasteiger charge is -2.36. The third-order valence-corrected chi connectivity index (χ3v) is 11.8. The molecule has 310 valence electrons. The zero-order chi connectivity index (χ0) is 41.3. The van der Waals surface area contributed by atoms with E-state index < -0.39 is 30.8 Å². The predicted octanol–water partition coefficient (Wildman–Crippen LogP) is 5.68. The van der Waals surface area contributed by atoms with Gasteiger partial charge in [-0.05, 0) is 72.9 Å². The number of amides is 2. The Balaban J connectivity index is 1.08. The van der Waals surface area contributed by atoms with Gasteiger partial charge < -0.3 is 39.9 Å². The van der Waals surface area contributed by atoms with Gasteiger partial charge in [-0.2, -0.15) is 0 Å². The minimum absolute atomic E-state index is 0.00735. The largest absolute Gasteiger partial charge is 0.453 e. The molecule has 2 aliphatic rings. The number of aliphatic hydroxyl groups excluding tert-OH is 2. The van der Waals surface area contributed by atoms with Gasteiger partial charge in [-0.3, -0.25) is 15.0 Å². The summed E-state index contributed by atoms with van der Waals surface area (Å²) in [6, 6.07) is 14.7. The molecule has 8 unspecified atom stereocenters. The van der Waals surface area contributed by atoms with E-state index in [1.54, 1.807) is 0 Å². The van der Waals surface area contributed by atoms with Crippen LogP contribution in [0.3, 0.4) is 0 Å². The van der Waals surface area contributed by atoms with Crippen LogP contribution in [0.15, 0.2) is 60.9 Å². The Hall–Kier alpha value is -5.04. The van der Waals surface area contributed by atoms with Gasteiger partial charge >= 0.3 is 6.09 Å². The summed E-state index contributed by atoms with van der Waals surface area (Å²) >= 11 is 0. The first-order valence-corrected chi connectivity index (χ1v) is 20.4. The number of methoxy groups -OCH3 is 2. The first-order chi connectivity index (χ1) is 28.0. The minimum Gasteiger partial charge on any atom is -0.453 e. The molecule has 2 aromatic heterocycles. The van der Waals surface area contributed by atoms with Crippen molar-refractivity contribution in [2.45, 2.75) is 103 Å². The summed E-state index contributed by atoms with van der Waals surface area (Å²) in [6.07, 6.45) is 5.97. The molecule has 4 heterocycles. The molecule has 6 rings (SSSR count). The molecule has 0 saturated carbocycles. The van der Waals surface area contributed by atoms with Crippen LogP contribution in [-0.2, 0) is 14.3 Å². The van der Waals surface area contributed by atoms with Crippen molar-refractivity contribution in [1.29, 1.82) is 0 Å². The molecule has 2 saturated heterocycles. The maximum atomic E-state index is 13.7. The van der Waals surface area contributed by atoms with Crippen molar-refractivity contribution in [3.05, 3.63) is 83.7 Å². The van der Waals surface area contributed by atoms with Gasteiger partial charge in [-0.25, -0.2) is 14.8 Å². The number of imidazole rings is 2. The average Bonchev–Trinajstić information content (AvgIpc) is 4.10. The molecule has 2 fully saturated rings. The molecular formula is C44H58N8O6. The number of rotatable bonds is 15. The summed E-state index contributed by atoms with van der Waals surface area (Å²) in [5, 5.41) is 27.3. The zero-order valence-electron chi connectivity index (χ0n) is 34.4. The lowest BCUT2D eigenvalue weighted by molar-refractivity contribution is -0.145. The fraction of sp³-hybridized carbons (Fsp3) is 0.500. The second-order valence-electron chi connectivity index (χ2n) is 15.4. The molecule has 4 aromatic rings. The van der Waals surface area contributed by atoms with Crippen LogP contribution in [-0.4, -0.2) is 104 Å². The zero-order valence-corrected chi connectivity index (χ0v) is 34.4. The monoisotopic (exact) mass is 794 g/mol. The second-order valence-corrected chi connectivity index (χ2v) is 15.4. The van der Waals surface area contributed by atoms with Gasteiger partial charge in [0.2, 0.25) is 12.3 Å². The number of alkyl carbamates (subject to hydrolysis) is 1. The number of hydrogen-bond acceptors (Lipinski definition) is 10. The Kier molecular flexibility index (Phi) is 14.4. The normalized spacial score (nSPS) is 20.1. The van der Waals surface area contributed by atoms with Crippen molar-refractivity contribution in [3.63, 3.8) is 0 Å². The number of aromatic nitrogens is 4. The lowest BCUT2D eigenvalue weighted by atomic mass is 9.96. The number of hydrogen-bond donors (Lipinski definition) is 6. The predicted molar refractivity (Wildman–Crippen MR) is 221 cm³/mol. The molecule has 2 aromatic carbocycles. The van der Waals surface area contributed by atoms with Crippen LogP contribution < -0.4 is 10.6 Å². The molecule has 0 radical (unpaired) electrons. The lowest BCUT2D eigenvalue weighted by Crippen LogP contribution is -2.54. The van der Waals surface area contributed by atoms with E-state index in [0.29, 0.717) is 13.1 Å². The van der Waals surface area contributed by atoms with Gasteiger partial charge in [0.15, 0.2) is 0 Å². The highest BCUT2D eigenvalue weighted by Gasteiger charge is 2.40. The van der Waals surface area contributed by atoms with E-state index in [1.807, 2.05) is 98.4 Å². The Bertz CT molecular complexity index is 2020. The number of nitrogens with zero attached hydrogens (tertiary/aromatic N) is 4. The fourth-order valence-electron chi connectivity index (χ4n) is 7.91. The van der Waals surface area contributed by atoms with E-state index in [1.165, 1.54) is 14.2 Å². The highest BCUT2D eigenvalue weighted by Crippen LogP contribution is 2.35. The molecular weight excluding hydrogens is 737 g/mol. The van der Waals surface area contributed by atoms with E-state index in [9.17, 15) is 19.8 Å². The van der Waals surface area contributed by atoms with Crippen molar-refractivity contribution in [2.75, 3.05) is 27.3 Å². The van der Waals surface area contributed by atoms with Gasteiger partial charge in [-0.15, -0.1) is 0 Å². The summed E-state index contributed by atoms with van der Waals surface area (Å²) < 4.78 is 9.82. The van der Waals surface area contributed by atoms with E-state index in [-0.39, 0.29) is 29.8 Å². The quantitative estimate of drug-likeness (QED) is 0.0648. The van der Waals surface area contributed by atoms with Gasteiger partial charge in [0.1, 0.15) is 17.9 Å². The molecule has 6 N–H and O–H groups in total. The van der Waals surface area contributed by atoms with Crippen molar-refractivity contribution in [1.82, 2.24) is 40.4 Å². The van der Waals surface area contributed by atoms with Crippen molar-refractivity contribution < 1.29 is 29.3 Å². The maximum absolute atomic E-state index is 13.7. The summed E-state index contributed by atoms with van der Waals surface area (Å²) in [5.41, 5.74) is 5.43. The summed E-state index contributed by atoms with van der Waals surface area (Å²) in [4.78, 5) is 46.0. The van der Waals surface area contributed by atoms with Crippen LogP contribution >= 0.6 is 0 Å². The van der Waals surface area contributed by atoms with Crippen LogP contribution in [0.5, 0.6) is 0 Å². The molecule has 0 bridgehead atoms. The molecule has 8 atom stereocenters. The number of benzene rings is 2. The number of carbonyl (C=O) groups is 2. The third-order valence-electron chi connectivity index (χ3n) is 11.8. The average molecular weight is 795 g/mol. The van der Waals surface area contributed by atoms with Gasteiger partial charge in [-0.1, -0.05) is 76.6 Å². The Morgan fingerprint density at radius 1 is 0.828 bits per heavy atom. The maximum Gasteiger partial charge on any atom is 0.407 e. The number of H-pyrrole nitrogens is 2. The third kappa shape index (κ3) is 9.79. The molecule has 14 nitrogen and oxygen atoms in total. The molecule has 14 heteroatoms. The van der Waals surface area contributed by atoms with Crippen molar-refractivity contribution in [3.8, 4) is 34.4 Å². The summed E-state index contributed by atoms with van der Waals surface area (Å²) in [6.45, 7) is 9.39. The van der Waals surface area contributed by atoms with E-state index in [4.69, 9.17) is 14.5 Å². The SMILES string of the molecule is CCC(C)C(NC(O)OC)C(=O)N1CCCC1c1ncc(-c2ccc(C#Cc3ccc(-c4cnc(C5CCCN5C(O)C(NC(=O)OC)C(C)CC)[nH]4)cc3)cc2)[nH]1. The van der Waals surface area contributed by atoms with Crippen molar-refractivity contribution in [2.24, 2.45) is 11.8 Å². The number of carbonyl (C=O) groups excluding carboxylic acids is 2. The highest BCUT2D eigenvalue weighted by atomic mass is 16.6. The number of aromatic amines is 2. The van der Waals surface area contributed by atoms with Gasteiger partial charge in [0.05, 0.1) is 55.1 Å². The molecule has 0 spiro atoms. The van der Waals surface area contributed by atoms with Crippen LogP contribution in [0.25, 0.3) is 22.5 Å². The van der Waals surface area contributed by atoms with Gasteiger partial charge in [0.25, 0.3) is 0 Å². The Morgan fingerprint density at radius 2 is 1.36 bits per heavy atom. The minimum atomic E-state index is -1.22. The second kappa shape index (κ2) is 19.6. The molecule has 2 aliphatic heterocycles. The summed E-state index contributed by atoms with van der Waals surface area (Å²) in [7, 11) is 2.72. The Labute approximate surface area is 341 Å². The van der Waals surface area contributed by atoms with Crippen LogP contribution in [0.2, 0.25) is 0 Å². The van der Waals surface area contributed by atoms with Crippen LogP contribution in [0.1, 0.15) is 101 Å². The standard InChI is InChI=1S/C44H58N8O6/c1-7-27(3)37(49-43(55)57-5)41(53)51-23-9-11-35(51)39-45-25-33(47-39)31-19-15-29(16-20-31)13-14-30-17-21-32(22-18-30)34-26-46-40(48-34)36-12-10-24-52(36)42(54)38(28(4)8-2)50-44(56)58-6/h15-22,25-28,35-38,41,44,50,53,56H,7-12,23-24H2,1-6H3,(H,45,47)(H,46,48)(H,49,55). The van der Waals surface area contributed by atoms with E-state index in [2.05, 4.69) is 37.4 Å². The molecule has 2 amide bonds. The number of likely N-dealkylation sites (tertiary alicyclic amines) is 2. The van der Waals surface area contributed by atoms with Crippen molar-refractivity contribution >= 4 is 12.0 Å². The van der Waals surface area contributed by atoms with Gasteiger partial charge in [0, 0.05) is 31.3 Å². The van der Waals surface area contributed by atoms with E-state index >= 15 is 0 Å². The topological polar surface area (TPSA) is 181 Å². The number of nitrogens with one attached hydrogen (secondary N) is 4. The molecule has 58 heavy (non-hydrogen) atoms. The Morgan fingerprint density at radius 3 is 1.90 bits per heavy atom. The summed E-state index contributed by atoms with van der Waals surface area (Å²) in [5.74, 6) is 8.05. The van der Waals surface area contributed by atoms with E-state index in [0.717, 1.165) is 83.8 Å². The van der Waals surface area contributed by atoms with Crippen LogP contribution in [0.4, 0.5) is 4.79 Å². The van der Waals surface area contributed by atoms with Crippen LogP contribution in [0, 0.1) is 23.7 Å². The first-order valence-electron chi connectivity index (χ1n) is 20.4.